The molecule has 1 aromatic carbocycles. The van der Waals surface area contributed by atoms with Gasteiger partial charge in [0.2, 0.25) is 12.7 Å². The summed E-state index contributed by atoms with van der Waals surface area (Å²) in [5.74, 6) is 1.77. The van der Waals surface area contributed by atoms with E-state index in [-0.39, 0.29) is 18.8 Å². The van der Waals surface area contributed by atoms with Crippen molar-refractivity contribution in [1.29, 1.82) is 0 Å². The number of rotatable bonds is 4. The van der Waals surface area contributed by atoms with E-state index in [9.17, 15) is 4.79 Å². The van der Waals surface area contributed by atoms with Crippen LogP contribution >= 0.6 is 0 Å². The average Bonchev–Trinajstić information content (AvgIpc) is 3.44. The van der Waals surface area contributed by atoms with Gasteiger partial charge in [-0.3, -0.25) is 9.89 Å². The van der Waals surface area contributed by atoms with Crippen LogP contribution < -0.4 is 14.2 Å². The molecule has 2 aliphatic heterocycles. The number of aromatic nitrogens is 4. The number of fused-ring (bicyclic) bond motifs is 1. The van der Waals surface area contributed by atoms with Gasteiger partial charge in [-0.2, -0.15) is 10.2 Å². The highest BCUT2D eigenvalue weighted by atomic mass is 16.7. The van der Waals surface area contributed by atoms with Crippen molar-refractivity contribution in [3.8, 4) is 28.6 Å². The summed E-state index contributed by atoms with van der Waals surface area (Å²) >= 11 is 0. The number of benzene rings is 1. The Morgan fingerprint density at radius 2 is 2.07 bits per heavy atom. The number of aryl methyl sites for hydroxylation is 1. The van der Waals surface area contributed by atoms with Gasteiger partial charge >= 0.3 is 0 Å². The summed E-state index contributed by atoms with van der Waals surface area (Å²) in [6.07, 6.45) is 1.61. The van der Waals surface area contributed by atoms with E-state index < -0.39 is 0 Å². The van der Waals surface area contributed by atoms with Crippen molar-refractivity contribution < 1.29 is 19.0 Å². The predicted molar refractivity (Wildman–Crippen MR) is 106 cm³/mol. The zero-order valence-corrected chi connectivity index (χ0v) is 16.5. The second-order valence-corrected chi connectivity index (χ2v) is 7.38. The lowest BCUT2D eigenvalue weighted by molar-refractivity contribution is 0.0520. The first-order valence-corrected chi connectivity index (χ1v) is 9.87. The summed E-state index contributed by atoms with van der Waals surface area (Å²) in [5.41, 5.74) is 2.81. The van der Waals surface area contributed by atoms with Crippen LogP contribution in [0.15, 0.2) is 36.4 Å². The quantitative estimate of drug-likeness (QED) is 0.709. The summed E-state index contributed by atoms with van der Waals surface area (Å²) in [5, 5.41) is 15.2. The van der Waals surface area contributed by atoms with Crippen LogP contribution in [0, 0.1) is 6.92 Å². The maximum Gasteiger partial charge on any atom is 0.272 e. The van der Waals surface area contributed by atoms with Crippen LogP contribution in [0.1, 0.15) is 29.0 Å². The van der Waals surface area contributed by atoms with Crippen molar-refractivity contribution in [3.05, 3.63) is 47.8 Å². The number of nitrogens with one attached hydrogen (secondary N) is 1. The van der Waals surface area contributed by atoms with Crippen LogP contribution in [0.5, 0.6) is 17.4 Å². The zero-order chi connectivity index (χ0) is 20.5. The summed E-state index contributed by atoms with van der Waals surface area (Å²) < 4.78 is 16.7. The van der Waals surface area contributed by atoms with Gasteiger partial charge in [-0.15, -0.1) is 5.10 Å². The molecule has 1 N–H and O–H groups in total. The Hall–Kier alpha value is -3.62. The molecule has 0 bridgehead atoms. The van der Waals surface area contributed by atoms with E-state index in [4.69, 9.17) is 14.2 Å². The predicted octanol–water partition coefficient (Wildman–Crippen LogP) is 2.59. The summed E-state index contributed by atoms with van der Waals surface area (Å²) in [6, 6.07) is 11.0. The number of ether oxygens (including phenoxy) is 3. The molecule has 4 heterocycles. The number of aromatic amines is 1. The molecule has 1 unspecified atom stereocenters. The minimum atomic E-state index is -0.115. The number of nitrogens with zero attached hydrogens (tertiary/aromatic N) is 4. The Kier molecular flexibility index (Phi) is 4.70. The molecule has 0 radical (unpaired) electrons. The van der Waals surface area contributed by atoms with Crippen LogP contribution in [0.2, 0.25) is 0 Å². The first kappa shape index (κ1) is 18.4. The second-order valence-electron chi connectivity index (χ2n) is 7.38. The van der Waals surface area contributed by atoms with Crippen molar-refractivity contribution in [2.45, 2.75) is 25.9 Å². The van der Waals surface area contributed by atoms with Gasteiger partial charge in [-0.1, -0.05) is 0 Å². The molecule has 1 atom stereocenters. The van der Waals surface area contributed by atoms with Crippen molar-refractivity contribution in [2.75, 3.05) is 19.9 Å². The van der Waals surface area contributed by atoms with E-state index in [1.54, 1.807) is 17.0 Å². The summed E-state index contributed by atoms with van der Waals surface area (Å²) in [7, 11) is 0. The molecule has 2 aromatic heterocycles. The molecule has 30 heavy (non-hydrogen) atoms. The third kappa shape index (κ3) is 3.66. The van der Waals surface area contributed by atoms with Gasteiger partial charge in [0.15, 0.2) is 11.5 Å². The SMILES string of the molecule is Cc1ccc(OC2CCCN(C(=O)c3cc(-c4ccc5c(c4)OCO5)n[nH]3)C2)nn1. The first-order valence-electron chi connectivity index (χ1n) is 9.87. The van der Waals surface area contributed by atoms with Crippen LogP contribution in [-0.2, 0) is 0 Å². The van der Waals surface area contributed by atoms with Crippen LogP contribution in [-0.4, -0.2) is 57.2 Å². The van der Waals surface area contributed by atoms with Gasteiger partial charge in [0, 0.05) is 18.2 Å². The van der Waals surface area contributed by atoms with E-state index in [1.165, 1.54) is 0 Å². The fourth-order valence-corrected chi connectivity index (χ4v) is 3.64. The molecule has 3 aromatic rings. The van der Waals surface area contributed by atoms with Gasteiger partial charge in [-0.05, 0) is 50.1 Å². The molecule has 9 heteroatoms. The number of likely N-dealkylation sites (tertiary alicyclic amines) is 1. The highest BCUT2D eigenvalue weighted by Gasteiger charge is 2.27. The molecule has 0 aliphatic carbocycles. The largest absolute Gasteiger partial charge is 0.471 e. The molecule has 1 saturated heterocycles. The fourth-order valence-electron chi connectivity index (χ4n) is 3.64. The zero-order valence-electron chi connectivity index (χ0n) is 16.5. The van der Waals surface area contributed by atoms with E-state index in [0.717, 1.165) is 24.1 Å². The molecule has 1 amide bonds. The van der Waals surface area contributed by atoms with Gasteiger partial charge in [-0.25, -0.2) is 0 Å². The molecule has 0 spiro atoms. The van der Waals surface area contributed by atoms with Crippen LogP contribution in [0.25, 0.3) is 11.3 Å². The standard InChI is InChI=1S/C21H21N5O4/c1-13-4-7-20(25-22-13)30-15-3-2-8-26(11-15)21(27)17-10-16(23-24-17)14-5-6-18-19(9-14)29-12-28-18/h4-7,9-10,15H,2-3,8,11-12H2,1H3,(H,23,24). The monoisotopic (exact) mass is 407 g/mol. The highest BCUT2D eigenvalue weighted by Crippen LogP contribution is 2.35. The number of amides is 1. The van der Waals surface area contributed by atoms with Crippen molar-refractivity contribution >= 4 is 5.91 Å². The lowest BCUT2D eigenvalue weighted by Gasteiger charge is -2.32. The summed E-state index contributed by atoms with van der Waals surface area (Å²) in [4.78, 5) is 14.8. The van der Waals surface area contributed by atoms with Gasteiger partial charge < -0.3 is 19.1 Å². The third-order valence-electron chi connectivity index (χ3n) is 5.20. The summed E-state index contributed by atoms with van der Waals surface area (Å²) in [6.45, 7) is 3.26. The number of hydrogen-bond donors (Lipinski definition) is 1. The molecule has 2 aliphatic rings. The smallest absolute Gasteiger partial charge is 0.272 e. The Morgan fingerprint density at radius 1 is 1.17 bits per heavy atom. The van der Waals surface area contributed by atoms with E-state index in [2.05, 4.69) is 20.4 Å². The highest BCUT2D eigenvalue weighted by molar-refractivity contribution is 5.93. The molecule has 9 nitrogen and oxygen atoms in total. The molecule has 154 valence electrons. The number of hydrogen-bond acceptors (Lipinski definition) is 7. The Morgan fingerprint density at radius 3 is 2.93 bits per heavy atom. The Balaban J connectivity index is 1.27. The number of piperidine rings is 1. The van der Waals surface area contributed by atoms with E-state index >= 15 is 0 Å². The molecule has 5 rings (SSSR count). The Bertz CT molecular complexity index is 1070. The molecule has 0 saturated carbocycles. The van der Waals surface area contributed by atoms with Crippen molar-refractivity contribution in [2.24, 2.45) is 0 Å². The normalized spacial score (nSPS) is 17.8. The van der Waals surface area contributed by atoms with Crippen LogP contribution in [0.4, 0.5) is 0 Å². The van der Waals surface area contributed by atoms with Gasteiger partial charge in [0.05, 0.1) is 17.9 Å². The fraction of sp³-hybridized carbons (Fsp3) is 0.333. The minimum absolute atomic E-state index is 0.0993. The molecular formula is C21H21N5O4. The minimum Gasteiger partial charge on any atom is -0.471 e. The number of H-pyrrole nitrogens is 1. The van der Waals surface area contributed by atoms with Crippen molar-refractivity contribution in [3.63, 3.8) is 0 Å². The maximum absolute atomic E-state index is 13.0. The molecular weight excluding hydrogens is 386 g/mol. The lowest BCUT2D eigenvalue weighted by atomic mass is 10.1. The van der Waals surface area contributed by atoms with Gasteiger partial charge in [0.1, 0.15) is 11.8 Å². The van der Waals surface area contributed by atoms with E-state index in [0.29, 0.717) is 41.9 Å². The average molecular weight is 407 g/mol. The number of carbonyl (C=O) groups excluding carboxylic acids is 1. The Labute approximate surface area is 173 Å². The van der Waals surface area contributed by atoms with Crippen molar-refractivity contribution in [1.82, 2.24) is 25.3 Å². The first-order chi connectivity index (χ1) is 14.7. The molecule has 1 fully saturated rings. The van der Waals surface area contributed by atoms with E-state index in [1.807, 2.05) is 31.2 Å². The van der Waals surface area contributed by atoms with Gasteiger partial charge in [0.25, 0.3) is 5.91 Å². The number of carbonyl (C=O) groups is 1. The second kappa shape index (κ2) is 7.66. The maximum atomic E-state index is 13.0. The lowest BCUT2D eigenvalue weighted by Crippen LogP contribution is -2.44. The topological polar surface area (TPSA) is 102 Å². The third-order valence-corrected chi connectivity index (χ3v) is 5.20. The van der Waals surface area contributed by atoms with Crippen LogP contribution in [0.3, 0.4) is 0 Å².